The Morgan fingerprint density at radius 2 is 1.79 bits per heavy atom. The fourth-order valence-electron chi connectivity index (χ4n) is 3.05. The quantitative estimate of drug-likeness (QED) is 0.387. The van der Waals surface area contributed by atoms with E-state index in [2.05, 4.69) is 9.97 Å². The van der Waals surface area contributed by atoms with Gasteiger partial charge in [0.05, 0.1) is 0 Å². The number of nitrogens with zero attached hydrogens (tertiary/aromatic N) is 2. The Kier molecular flexibility index (Phi) is 9.31. The number of carboxylic acid groups (broad SMARTS) is 1. The van der Waals surface area contributed by atoms with Gasteiger partial charge in [-0.1, -0.05) is 0 Å². The van der Waals surface area contributed by atoms with Crippen LogP contribution >= 0.6 is 0 Å². The molecule has 1 aromatic carbocycles. The zero-order chi connectivity index (χ0) is 24.9. The molecule has 0 fully saturated rings. The molecule has 0 amide bonds. The van der Waals surface area contributed by atoms with E-state index in [1.54, 1.807) is 11.8 Å². The van der Waals surface area contributed by atoms with Gasteiger partial charge in [0, 0.05) is 0 Å². The van der Waals surface area contributed by atoms with Gasteiger partial charge in [-0.25, -0.2) is 0 Å². The summed E-state index contributed by atoms with van der Waals surface area (Å²) in [6, 6.07) is 5.61. The summed E-state index contributed by atoms with van der Waals surface area (Å²) in [6.45, 7) is 3.77. The average Bonchev–Trinajstić information content (AvgIpc) is 2.70. The van der Waals surface area contributed by atoms with Crippen LogP contribution in [0.1, 0.15) is 43.9 Å². The Hall–Kier alpha value is -2.13. The van der Waals surface area contributed by atoms with Gasteiger partial charge in [-0.3, -0.25) is 0 Å². The molecule has 0 saturated heterocycles. The van der Waals surface area contributed by atoms with E-state index in [0.717, 1.165) is 6.26 Å². The number of rotatable bonds is 10. The van der Waals surface area contributed by atoms with Crippen molar-refractivity contribution in [3.8, 4) is 11.3 Å². The molecule has 33 heavy (non-hydrogen) atoms. The second-order valence-electron chi connectivity index (χ2n) is 7.98. The van der Waals surface area contributed by atoms with Crippen LogP contribution in [0, 0.1) is 5.82 Å². The molecule has 0 aliphatic rings. The molecule has 1 heterocycles. The molecule has 11 heteroatoms. The van der Waals surface area contributed by atoms with Gasteiger partial charge in [0.1, 0.15) is 0 Å². The van der Waals surface area contributed by atoms with Crippen LogP contribution in [0.15, 0.2) is 30.3 Å². The van der Waals surface area contributed by atoms with Crippen LogP contribution in [0.2, 0.25) is 5.71 Å². The first-order chi connectivity index (χ1) is 15.3. The molecule has 0 aliphatic carbocycles. The summed E-state index contributed by atoms with van der Waals surface area (Å²) in [5.41, 5.74) is 3.70. The number of aliphatic hydroxyl groups is 2. The molecule has 1 unspecified atom stereocenters. The van der Waals surface area contributed by atoms with Crippen molar-refractivity contribution in [3.63, 3.8) is 0 Å². The third-order valence-corrected chi connectivity index (χ3v) is 14.5. The van der Waals surface area contributed by atoms with Crippen LogP contribution in [-0.4, -0.2) is 71.6 Å². The van der Waals surface area contributed by atoms with Gasteiger partial charge in [-0.05, 0) is 0 Å². The van der Waals surface area contributed by atoms with Crippen molar-refractivity contribution in [1.82, 2.24) is 9.97 Å². The summed E-state index contributed by atoms with van der Waals surface area (Å²) in [6.07, 6.45) is 1.12. The van der Waals surface area contributed by atoms with Crippen LogP contribution in [0.3, 0.4) is 0 Å². The second-order valence-corrected chi connectivity index (χ2v) is 19.4. The fraction of sp³-hybridized carbons (Fsp3) is 0.409. The standard InChI is InChI=1S/C22H28AsFN2O6S/c1-13(2)20-18(10-9-16(27)11-17(28)12-19(29)30)21(14-5-7-15(24)8-6-14)26-22(25-20)23(3)33(4,31)32/h5-10,13,16-17,27-28H,11-12H2,1-4H3,(H,29,30)/t16-,17-,23?/m1/s1. The molecule has 2 aromatic rings. The van der Waals surface area contributed by atoms with Crippen LogP contribution in [0.4, 0.5) is 4.39 Å². The number of carboxylic acids is 1. The van der Waals surface area contributed by atoms with E-state index in [1.165, 1.54) is 30.3 Å². The van der Waals surface area contributed by atoms with Crippen LogP contribution in [-0.2, 0) is 12.9 Å². The number of aliphatic hydroxyl groups excluding tert-OH is 2. The molecular weight excluding hydrogens is 514 g/mol. The van der Waals surface area contributed by atoms with Crippen molar-refractivity contribution in [2.75, 3.05) is 6.26 Å². The summed E-state index contributed by atoms with van der Waals surface area (Å²) < 4.78 is 38.2. The predicted octanol–water partition coefficient (Wildman–Crippen LogP) is 1.88. The summed E-state index contributed by atoms with van der Waals surface area (Å²) in [7, 11) is -3.34. The van der Waals surface area contributed by atoms with E-state index >= 15 is 0 Å². The first-order valence-corrected chi connectivity index (χ1v) is 17.1. The van der Waals surface area contributed by atoms with E-state index in [9.17, 15) is 27.8 Å². The number of carbonyl (C=O) groups is 1. The number of aromatic nitrogens is 2. The van der Waals surface area contributed by atoms with Gasteiger partial charge in [0.2, 0.25) is 0 Å². The normalized spacial score (nSPS) is 15.0. The monoisotopic (exact) mass is 542 g/mol. The summed E-state index contributed by atoms with van der Waals surface area (Å²) in [5, 5.41) is 28.8. The molecule has 0 saturated carbocycles. The number of benzene rings is 1. The Labute approximate surface area is 196 Å². The number of halogens is 1. The molecule has 1 aromatic heterocycles. The molecule has 0 spiro atoms. The van der Waals surface area contributed by atoms with Gasteiger partial charge in [-0.15, -0.1) is 0 Å². The number of aliphatic carboxylic acids is 1. The van der Waals surface area contributed by atoms with Crippen molar-refractivity contribution in [3.05, 3.63) is 47.4 Å². The van der Waals surface area contributed by atoms with E-state index in [1.807, 2.05) is 13.8 Å². The van der Waals surface area contributed by atoms with Gasteiger partial charge < -0.3 is 0 Å². The van der Waals surface area contributed by atoms with Crippen molar-refractivity contribution in [1.29, 1.82) is 0 Å². The van der Waals surface area contributed by atoms with Gasteiger partial charge in [0.15, 0.2) is 0 Å². The van der Waals surface area contributed by atoms with Crippen molar-refractivity contribution < 1.29 is 32.9 Å². The SMILES string of the molecule is CC(C)c1nc([As](C)S(C)(=O)=O)nc(-c2ccc(F)cc2)c1C=C[C@@H](O)C[C@@H](O)CC(=O)O. The molecule has 0 aliphatic heterocycles. The summed E-state index contributed by atoms with van der Waals surface area (Å²) in [5.74, 6) is -1.73. The van der Waals surface area contributed by atoms with Crippen molar-refractivity contribution in [2.24, 2.45) is 0 Å². The van der Waals surface area contributed by atoms with Gasteiger partial charge in [-0.2, -0.15) is 0 Å². The van der Waals surface area contributed by atoms with Gasteiger partial charge >= 0.3 is 197 Å². The molecule has 0 radical (unpaired) electrons. The Balaban J connectivity index is 2.61. The van der Waals surface area contributed by atoms with Crippen molar-refractivity contribution >= 4 is 38.3 Å². The first-order valence-electron chi connectivity index (χ1n) is 10.2. The predicted molar refractivity (Wildman–Crippen MR) is 126 cm³/mol. The van der Waals surface area contributed by atoms with Crippen LogP contribution in [0.25, 0.3) is 17.3 Å². The minimum atomic E-state index is -3.34. The zero-order valence-electron chi connectivity index (χ0n) is 18.8. The topological polar surface area (TPSA) is 138 Å². The maximum absolute atomic E-state index is 13.5. The Morgan fingerprint density at radius 1 is 1.18 bits per heavy atom. The average molecular weight is 542 g/mol. The Morgan fingerprint density at radius 3 is 2.30 bits per heavy atom. The molecule has 8 nitrogen and oxygen atoms in total. The van der Waals surface area contributed by atoms with E-state index in [0.29, 0.717) is 22.5 Å². The third-order valence-electron chi connectivity index (χ3n) is 4.82. The number of hydrogen-bond donors (Lipinski definition) is 3. The minimum absolute atomic E-state index is 0.123. The summed E-state index contributed by atoms with van der Waals surface area (Å²) >= 11 is -2.64. The molecule has 180 valence electrons. The summed E-state index contributed by atoms with van der Waals surface area (Å²) in [4.78, 5) is 19.8. The molecule has 3 N–H and O–H groups in total. The van der Waals surface area contributed by atoms with Crippen molar-refractivity contribution in [2.45, 2.75) is 50.5 Å². The van der Waals surface area contributed by atoms with E-state index in [4.69, 9.17) is 5.11 Å². The fourth-order valence-corrected chi connectivity index (χ4v) is 6.66. The third kappa shape index (κ3) is 7.71. The Bertz CT molecular complexity index is 1120. The van der Waals surface area contributed by atoms with Crippen LogP contribution in [0.5, 0.6) is 0 Å². The second kappa shape index (κ2) is 11.3. The maximum atomic E-state index is 13.5. The first kappa shape index (κ1) is 27.1. The molecule has 0 bridgehead atoms. The van der Waals surface area contributed by atoms with Crippen LogP contribution < -0.4 is 4.61 Å². The molecular formula is C22H28AsFN2O6S. The van der Waals surface area contributed by atoms with E-state index in [-0.39, 0.29) is 17.0 Å². The zero-order valence-corrected chi connectivity index (χ0v) is 21.5. The van der Waals surface area contributed by atoms with Gasteiger partial charge in [0.25, 0.3) is 0 Å². The number of hydrogen-bond acceptors (Lipinski definition) is 7. The molecule has 3 atom stereocenters. The van der Waals surface area contributed by atoms with E-state index < -0.39 is 52.0 Å². The molecule has 2 rings (SSSR count).